The van der Waals surface area contributed by atoms with E-state index >= 15 is 4.39 Å². The van der Waals surface area contributed by atoms with Crippen LogP contribution in [0.2, 0.25) is 0 Å². The number of hydrogen-bond donors (Lipinski definition) is 1. The number of aryl methyl sites for hydroxylation is 2. The van der Waals surface area contributed by atoms with Gasteiger partial charge in [0.2, 0.25) is 0 Å². The fourth-order valence-corrected chi connectivity index (χ4v) is 4.14. The number of halogens is 1. The summed E-state index contributed by atoms with van der Waals surface area (Å²) in [6, 6.07) is 10.3. The molecule has 0 aromatic heterocycles. The van der Waals surface area contributed by atoms with Crippen molar-refractivity contribution in [3.63, 3.8) is 0 Å². The average Bonchev–Trinajstić information content (AvgIpc) is 2.63. The maximum absolute atomic E-state index is 15.8. The number of nitrogens with zero attached hydrogens (tertiary/aromatic N) is 1. The summed E-state index contributed by atoms with van der Waals surface area (Å²) in [5, 5.41) is 0. The van der Waals surface area contributed by atoms with E-state index in [2.05, 4.69) is 49.7 Å². The predicted octanol–water partition coefficient (Wildman–Crippen LogP) is 6.40. The summed E-state index contributed by atoms with van der Waals surface area (Å²) in [6.07, 6.45) is 8.36. The highest BCUT2D eigenvalue weighted by Crippen LogP contribution is 2.40. The molecule has 0 bridgehead atoms. The first-order chi connectivity index (χ1) is 13.9. The van der Waals surface area contributed by atoms with E-state index < -0.39 is 0 Å². The van der Waals surface area contributed by atoms with Crippen molar-refractivity contribution in [1.29, 1.82) is 0 Å². The Kier molecular flexibility index (Phi) is 6.68. The van der Waals surface area contributed by atoms with Crippen LogP contribution in [0.4, 0.5) is 4.39 Å². The molecule has 0 aliphatic heterocycles. The van der Waals surface area contributed by atoms with Gasteiger partial charge in [-0.05, 0) is 86.3 Å². The number of hydrogen-bond acceptors (Lipinski definition) is 2. The third kappa shape index (κ3) is 4.67. The van der Waals surface area contributed by atoms with Gasteiger partial charge >= 0.3 is 0 Å². The van der Waals surface area contributed by atoms with Crippen LogP contribution in [0.5, 0.6) is 0 Å². The molecular formula is C26H31FN2. The number of nitrogens with two attached hydrogens (primary N) is 1. The highest BCUT2D eigenvalue weighted by Gasteiger charge is 2.25. The summed E-state index contributed by atoms with van der Waals surface area (Å²) >= 11 is 0. The Balaban J connectivity index is 1.99. The fraction of sp³-hybridized carbons (Fsp3) is 0.346. The predicted molar refractivity (Wildman–Crippen MR) is 122 cm³/mol. The van der Waals surface area contributed by atoms with Crippen molar-refractivity contribution in [2.75, 3.05) is 0 Å². The zero-order valence-electron chi connectivity index (χ0n) is 17.8. The summed E-state index contributed by atoms with van der Waals surface area (Å²) < 4.78 is 15.8. The molecule has 1 aliphatic carbocycles. The minimum Gasteiger partial charge on any atom is -0.398 e. The van der Waals surface area contributed by atoms with Gasteiger partial charge in [-0.15, -0.1) is 0 Å². The van der Waals surface area contributed by atoms with Gasteiger partial charge in [0.05, 0.1) is 5.70 Å². The molecule has 3 rings (SSSR count). The van der Waals surface area contributed by atoms with Crippen LogP contribution in [-0.4, -0.2) is 6.21 Å². The molecule has 1 aliphatic rings. The lowest BCUT2D eigenvalue weighted by atomic mass is 9.76. The van der Waals surface area contributed by atoms with Crippen molar-refractivity contribution in [3.05, 3.63) is 87.9 Å². The summed E-state index contributed by atoms with van der Waals surface area (Å²) in [5.41, 5.74) is 13.0. The minimum atomic E-state index is -0.145. The van der Waals surface area contributed by atoms with Crippen molar-refractivity contribution in [3.8, 4) is 0 Å². The van der Waals surface area contributed by atoms with Crippen molar-refractivity contribution < 1.29 is 4.39 Å². The molecule has 1 fully saturated rings. The van der Waals surface area contributed by atoms with Gasteiger partial charge in [0.15, 0.2) is 0 Å². The third-order valence-electron chi connectivity index (χ3n) is 6.01. The Morgan fingerprint density at radius 2 is 1.79 bits per heavy atom. The lowest BCUT2D eigenvalue weighted by molar-refractivity contribution is 0.414. The van der Waals surface area contributed by atoms with Crippen LogP contribution in [0, 0.1) is 19.7 Å². The van der Waals surface area contributed by atoms with E-state index in [1.807, 2.05) is 19.1 Å². The molecule has 2 nitrogen and oxygen atoms in total. The van der Waals surface area contributed by atoms with E-state index in [4.69, 9.17) is 5.73 Å². The van der Waals surface area contributed by atoms with Gasteiger partial charge < -0.3 is 5.73 Å². The van der Waals surface area contributed by atoms with Gasteiger partial charge in [-0.3, -0.25) is 4.99 Å². The largest absolute Gasteiger partial charge is 0.398 e. The molecule has 0 heterocycles. The lowest BCUT2D eigenvalue weighted by Crippen LogP contribution is -2.14. The molecule has 0 amide bonds. The van der Waals surface area contributed by atoms with Gasteiger partial charge in [0.25, 0.3) is 0 Å². The molecule has 2 N–H and O–H groups in total. The first kappa shape index (κ1) is 21.0. The molecule has 29 heavy (non-hydrogen) atoms. The smallest absolute Gasteiger partial charge is 0.136 e. The molecule has 0 unspecified atom stereocenters. The molecule has 3 heteroatoms. The first-order valence-electron chi connectivity index (χ1n) is 10.4. The van der Waals surface area contributed by atoms with E-state index in [9.17, 15) is 0 Å². The zero-order chi connectivity index (χ0) is 21.0. The normalized spacial score (nSPS) is 15.0. The summed E-state index contributed by atoms with van der Waals surface area (Å²) in [5.74, 6) is 0.335. The topological polar surface area (TPSA) is 38.4 Å². The molecule has 0 radical (unpaired) electrons. The van der Waals surface area contributed by atoms with Gasteiger partial charge in [0, 0.05) is 17.5 Å². The monoisotopic (exact) mass is 390 g/mol. The fourth-order valence-electron chi connectivity index (χ4n) is 4.14. The van der Waals surface area contributed by atoms with Crippen LogP contribution in [0.25, 0.3) is 5.70 Å². The quantitative estimate of drug-likeness (QED) is 0.546. The molecule has 2 aromatic carbocycles. The Morgan fingerprint density at radius 3 is 2.34 bits per heavy atom. The molecule has 2 aromatic rings. The van der Waals surface area contributed by atoms with Crippen LogP contribution in [0.3, 0.4) is 0 Å². The molecule has 1 saturated carbocycles. The molecule has 0 saturated heterocycles. The molecule has 0 atom stereocenters. The average molecular weight is 391 g/mol. The minimum absolute atomic E-state index is 0.145. The van der Waals surface area contributed by atoms with E-state index in [0.29, 0.717) is 29.3 Å². The second kappa shape index (κ2) is 9.21. The summed E-state index contributed by atoms with van der Waals surface area (Å²) in [6.45, 7) is 9.77. The zero-order valence-corrected chi connectivity index (χ0v) is 17.8. The number of aliphatic imine (C=N–C) groups is 1. The Hall–Kier alpha value is -2.68. The van der Waals surface area contributed by atoms with Crippen LogP contribution >= 0.6 is 0 Å². The number of rotatable bonds is 7. The SMILES string of the molecule is C=C(N)C=N/C(=C\C)c1ccc(C2CCC2)c(CCc2c(C)cccc2C)c1F. The number of benzene rings is 2. The third-order valence-corrected chi connectivity index (χ3v) is 6.01. The Bertz CT molecular complexity index is 945. The van der Waals surface area contributed by atoms with Crippen LogP contribution in [0.1, 0.15) is 65.5 Å². The maximum Gasteiger partial charge on any atom is 0.136 e. The van der Waals surface area contributed by atoms with Gasteiger partial charge in [-0.25, -0.2) is 4.39 Å². The molecule has 152 valence electrons. The van der Waals surface area contributed by atoms with E-state index in [1.54, 1.807) is 0 Å². The standard InChI is InChI=1S/C26H31FN2/c1-5-25(29-16-19(4)28)24-15-13-22(20-10-7-11-20)23(26(24)27)14-12-21-17(2)8-6-9-18(21)3/h5-6,8-9,13,15-16,20H,4,7,10-12,14,28H2,1-3H3/b25-5-,29-16?. The maximum atomic E-state index is 15.8. The van der Waals surface area contributed by atoms with E-state index in [1.165, 1.54) is 34.9 Å². The summed E-state index contributed by atoms with van der Waals surface area (Å²) in [7, 11) is 0. The second-order valence-electron chi connectivity index (χ2n) is 8.00. The van der Waals surface area contributed by atoms with Crippen molar-refractivity contribution in [1.82, 2.24) is 0 Å². The van der Waals surface area contributed by atoms with Crippen molar-refractivity contribution in [2.24, 2.45) is 10.7 Å². The highest BCUT2D eigenvalue weighted by molar-refractivity contribution is 5.83. The first-order valence-corrected chi connectivity index (χ1v) is 10.4. The van der Waals surface area contributed by atoms with Gasteiger partial charge in [-0.1, -0.05) is 43.3 Å². The molecular weight excluding hydrogens is 359 g/mol. The number of allylic oxidation sites excluding steroid dienone is 2. The lowest BCUT2D eigenvalue weighted by Gasteiger charge is -2.29. The van der Waals surface area contributed by atoms with Crippen molar-refractivity contribution in [2.45, 2.75) is 58.8 Å². The van der Waals surface area contributed by atoms with Crippen LogP contribution in [-0.2, 0) is 12.8 Å². The van der Waals surface area contributed by atoms with Crippen molar-refractivity contribution >= 4 is 11.9 Å². The van der Waals surface area contributed by atoms with E-state index in [0.717, 1.165) is 24.8 Å². The van der Waals surface area contributed by atoms with Gasteiger partial charge in [-0.2, -0.15) is 0 Å². The Labute approximate surface area is 174 Å². The van der Waals surface area contributed by atoms with Crippen LogP contribution < -0.4 is 5.73 Å². The van der Waals surface area contributed by atoms with Crippen LogP contribution in [0.15, 0.2) is 53.7 Å². The summed E-state index contributed by atoms with van der Waals surface area (Å²) in [4.78, 5) is 4.34. The molecule has 0 spiro atoms. The second-order valence-corrected chi connectivity index (χ2v) is 8.00. The van der Waals surface area contributed by atoms with Gasteiger partial charge in [0.1, 0.15) is 5.82 Å². The van der Waals surface area contributed by atoms with E-state index in [-0.39, 0.29) is 5.82 Å². The highest BCUT2D eigenvalue weighted by atomic mass is 19.1. The Morgan fingerprint density at radius 1 is 1.14 bits per heavy atom.